The average molecular weight is 510 g/mol. The Morgan fingerprint density at radius 1 is 1.18 bits per heavy atom. The summed E-state index contributed by atoms with van der Waals surface area (Å²) >= 11 is 3.19. The van der Waals surface area contributed by atoms with E-state index in [-0.39, 0.29) is 18.3 Å². The predicted molar refractivity (Wildman–Crippen MR) is 137 cm³/mol. The Balaban J connectivity index is 0.00000306. The van der Waals surface area contributed by atoms with Crippen LogP contribution in [0.5, 0.6) is 11.5 Å². The molecule has 0 unspecified atom stereocenters. The van der Waals surface area contributed by atoms with Crippen LogP contribution in [-0.4, -0.2) is 75.7 Å². The number of thiazole rings is 1. The van der Waals surface area contributed by atoms with Crippen LogP contribution in [0, 0.1) is 0 Å². The number of carbonyl (C=O) groups excluding carboxylic acids is 1. The van der Waals surface area contributed by atoms with Crippen LogP contribution in [0.3, 0.4) is 0 Å². The van der Waals surface area contributed by atoms with Crippen LogP contribution in [0.4, 0.5) is 5.13 Å². The number of amides is 1. The molecule has 7 nitrogen and oxygen atoms in total. The Kier molecular flexibility index (Phi) is 9.22. The Morgan fingerprint density at radius 2 is 1.94 bits per heavy atom. The van der Waals surface area contributed by atoms with Gasteiger partial charge in [-0.2, -0.15) is 0 Å². The molecule has 0 aliphatic carbocycles. The van der Waals surface area contributed by atoms with E-state index < -0.39 is 0 Å². The lowest BCUT2D eigenvalue weighted by Crippen LogP contribution is -2.43. The van der Waals surface area contributed by atoms with E-state index in [9.17, 15) is 4.79 Å². The molecule has 1 aromatic heterocycles. The first-order valence-electron chi connectivity index (χ1n) is 10.4. The first-order valence-corrected chi connectivity index (χ1v) is 12.5. The highest BCUT2D eigenvalue weighted by Gasteiger charge is 2.27. The lowest BCUT2D eigenvalue weighted by atomic mass is 10.1. The van der Waals surface area contributed by atoms with Crippen molar-refractivity contribution in [3.8, 4) is 11.5 Å². The SMILES string of the molecule is COc1cccc(C(=O)N(CCN2CCOCC2)c2nc3c(SC)cccc3s2)c1OC.Cl. The normalized spacial score (nSPS) is 14.0. The number of anilines is 1. The van der Waals surface area contributed by atoms with Gasteiger partial charge in [0.1, 0.15) is 0 Å². The molecule has 0 atom stereocenters. The van der Waals surface area contributed by atoms with Crippen LogP contribution in [0.1, 0.15) is 10.4 Å². The van der Waals surface area contributed by atoms with E-state index in [2.05, 4.69) is 11.0 Å². The molecule has 1 aliphatic rings. The molecule has 0 bridgehead atoms. The number of benzene rings is 2. The second kappa shape index (κ2) is 11.9. The molecule has 178 valence electrons. The molecule has 1 fully saturated rings. The van der Waals surface area contributed by atoms with Gasteiger partial charge in [0.25, 0.3) is 5.91 Å². The monoisotopic (exact) mass is 509 g/mol. The van der Waals surface area contributed by atoms with Crippen molar-refractivity contribution in [1.82, 2.24) is 9.88 Å². The van der Waals surface area contributed by atoms with Crippen molar-refractivity contribution in [2.45, 2.75) is 4.90 Å². The topological polar surface area (TPSA) is 64.1 Å². The van der Waals surface area contributed by atoms with Crippen LogP contribution >= 0.6 is 35.5 Å². The molecule has 0 radical (unpaired) electrons. The highest BCUT2D eigenvalue weighted by molar-refractivity contribution is 7.98. The van der Waals surface area contributed by atoms with E-state index in [1.165, 1.54) is 11.3 Å². The zero-order valence-corrected chi connectivity index (χ0v) is 21.4. The predicted octanol–water partition coefficient (Wildman–Crippen LogP) is 4.44. The molecule has 2 heterocycles. The van der Waals surface area contributed by atoms with Crippen LogP contribution in [0.2, 0.25) is 0 Å². The Hall–Kier alpha value is -2.04. The number of nitrogens with zero attached hydrogens (tertiary/aromatic N) is 3. The number of para-hydroxylation sites is 2. The summed E-state index contributed by atoms with van der Waals surface area (Å²) in [5, 5.41) is 0.685. The summed E-state index contributed by atoms with van der Waals surface area (Å²) in [6.45, 7) is 4.42. The molecule has 0 spiro atoms. The summed E-state index contributed by atoms with van der Waals surface area (Å²) in [7, 11) is 3.12. The van der Waals surface area contributed by atoms with E-state index in [1.54, 1.807) is 49.1 Å². The van der Waals surface area contributed by atoms with Gasteiger partial charge in [0.05, 0.1) is 43.2 Å². The van der Waals surface area contributed by atoms with E-state index in [4.69, 9.17) is 19.2 Å². The first kappa shape index (κ1) is 25.6. The summed E-state index contributed by atoms with van der Waals surface area (Å²) < 4.78 is 17.5. The Morgan fingerprint density at radius 3 is 2.64 bits per heavy atom. The number of thioether (sulfide) groups is 1. The van der Waals surface area contributed by atoms with E-state index in [0.717, 1.165) is 48.0 Å². The highest BCUT2D eigenvalue weighted by Crippen LogP contribution is 2.36. The molecule has 33 heavy (non-hydrogen) atoms. The maximum absolute atomic E-state index is 13.8. The first-order chi connectivity index (χ1) is 15.7. The van der Waals surface area contributed by atoms with Crippen LogP contribution in [0.15, 0.2) is 41.3 Å². The third-order valence-corrected chi connectivity index (χ3v) is 7.26. The maximum atomic E-state index is 13.8. The summed E-state index contributed by atoms with van der Waals surface area (Å²) in [6, 6.07) is 11.5. The molecular formula is C23H28ClN3O4S2. The number of ether oxygens (including phenoxy) is 3. The van der Waals surface area contributed by atoms with Crippen molar-refractivity contribution in [1.29, 1.82) is 0 Å². The zero-order valence-electron chi connectivity index (χ0n) is 18.9. The molecule has 4 rings (SSSR count). The fourth-order valence-corrected chi connectivity index (χ4v) is 5.39. The zero-order chi connectivity index (χ0) is 22.5. The van der Waals surface area contributed by atoms with Crippen LogP contribution < -0.4 is 14.4 Å². The van der Waals surface area contributed by atoms with Gasteiger partial charge in [-0.25, -0.2) is 4.98 Å². The number of halogens is 1. The van der Waals surface area contributed by atoms with E-state index >= 15 is 0 Å². The molecule has 1 aliphatic heterocycles. The number of aromatic nitrogens is 1. The summed E-state index contributed by atoms with van der Waals surface area (Å²) in [4.78, 5) is 23.9. The third kappa shape index (κ3) is 5.55. The Bertz CT molecular complexity index is 1090. The molecule has 2 aromatic carbocycles. The fraction of sp³-hybridized carbons (Fsp3) is 0.391. The summed E-state index contributed by atoms with van der Waals surface area (Å²) in [5.41, 5.74) is 1.39. The average Bonchev–Trinajstić information content (AvgIpc) is 3.28. The van der Waals surface area contributed by atoms with Gasteiger partial charge in [-0.15, -0.1) is 24.2 Å². The lowest BCUT2D eigenvalue weighted by molar-refractivity contribution is 0.0391. The molecule has 0 N–H and O–H groups in total. The molecular weight excluding hydrogens is 482 g/mol. The van der Waals surface area contributed by atoms with Gasteiger partial charge in [0.2, 0.25) is 0 Å². The highest BCUT2D eigenvalue weighted by atomic mass is 35.5. The minimum absolute atomic E-state index is 0. The standard InChI is InChI=1S/C23H27N3O4S2.ClH/c1-28-17-7-4-6-16(21(17)29-2)22(27)26(11-10-25-12-14-30-15-13-25)23-24-20-18(31-3)8-5-9-19(20)32-23;/h4-9H,10-15H2,1-3H3;1H. The number of hydrogen-bond donors (Lipinski definition) is 0. The number of carbonyl (C=O) groups is 1. The van der Waals surface area contributed by atoms with Crippen molar-refractivity contribution in [2.75, 3.05) is 64.8 Å². The van der Waals surface area contributed by atoms with Crippen molar-refractivity contribution in [3.05, 3.63) is 42.0 Å². The minimum Gasteiger partial charge on any atom is -0.493 e. The number of rotatable bonds is 8. The largest absolute Gasteiger partial charge is 0.493 e. The number of methoxy groups -OCH3 is 2. The van der Waals surface area contributed by atoms with E-state index in [0.29, 0.717) is 28.7 Å². The molecule has 3 aromatic rings. The maximum Gasteiger partial charge on any atom is 0.264 e. The number of morpholine rings is 1. The lowest BCUT2D eigenvalue weighted by Gasteiger charge is -2.29. The van der Waals surface area contributed by atoms with Crippen molar-refractivity contribution in [2.24, 2.45) is 0 Å². The third-order valence-electron chi connectivity index (χ3n) is 5.44. The fourth-order valence-electron chi connectivity index (χ4n) is 3.74. The van der Waals surface area contributed by atoms with Gasteiger partial charge in [-0.1, -0.05) is 23.5 Å². The van der Waals surface area contributed by atoms with Crippen molar-refractivity contribution < 1.29 is 19.0 Å². The molecule has 0 saturated carbocycles. The Labute approximate surface area is 208 Å². The van der Waals surface area contributed by atoms with Gasteiger partial charge >= 0.3 is 0 Å². The van der Waals surface area contributed by atoms with Gasteiger partial charge in [0, 0.05) is 31.1 Å². The minimum atomic E-state index is -0.154. The van der Waals surface area contributed by atoms with Crippen LogP contribution in [-0.2, 0) is 4.74 Å². The van der Waals surface area contributed by atoms with Gasteiger partial charge in [-0.05, 0) is 30.5 Å². The molecule has 10 heteroatoms. The van der Waals surface area contributed by atoms with Crippen LogP contribution in [0.25, 0.3) is 10.2 Å². The number of hydrogen-bond acceptors (Lipinski definition) is 8. The van der Waals surface area contributed by atoms with Crippen molar-refractivity contribution in [3.63, 3.8) is 0 Å². The summed E-state index contributed by atoms with van der Waals surface area (Å²) in [6.07, 6.45) is 2.04. The van der Waals surface area contributed by atoms with Gasteiger partial charge < -0.3 is 14.2 Å². The van der Waals surface area contributed by atoms with Crippen molar-refractivity contribution >= 4 is 56.8 Å². The molecule has 1 amide bonds. The second-order valence-corrected chi connectivity index (χ2v) is 9.11. The number of fused-ring (bicyclic) bond motifs is 1. The van der Waals surface area contributed by atoms with E-state index in [1.807, 2.05) is 18.4 Å². The van der Waals surface area contributed by atoms with Gasteiger partial charge in [0.15, 0.2) is 16.6 Å². The smallest absolute Gasteiger partial charge is 0.264 e. The quantitative estimate of drug-likeness (QED) is 0.416. The summed E-state index contributed by atoms with van der Waals surface area (Å²) in [5.74, 6) is 0.807. The van der Waals surface area contributed by atoms with Gasteiger partial charge in [-0.3, -0.25) is 14.6 Å². The second-order valence-electron chi connectivity index (χ2n) is 7.26. The molecule has 1 saturated heterocycles.